The molecule has 291 valence electrons. The molecule has 4 unspecified atom stereocenters. The number of aliphatic carboxylic acids is 4. The zero-order chi connectivity index (χ0) is 30.8. The minimum absolute atomic E-state index is 0. The van der Waals surface area contributed by atoms with Crippen LogP contribution in [0.4, 0.5) is 0 Å². The second kappa shape index (κ2) is 45.0. The molecule has 4 amide bonds. The average Bonchev–Trinajstić information content (AvgIpc) is 2.87. The molecule has 0 aliphatic heterocycles. The maximum atomic E-state index is 12.4. The molecular formula is C20H38Cl4CuLi2N8O12PdS2+2. The van der Waals surface area contributed by atoms with Gasteiger partial charge < -0.3 is 115 Å². The molecule has 0 rings (SSSR count). The molecule has 0 aromatic rings. The number of amides is 4. The van der Waals surface area contributed by atoms with Crippen LogP contribution >= 0.6 is 21.6 Å². The van der Waals surface area contributed by atoms with E-state index in [9.17, 15) is 38.4 Å². The Balaban J connectivity index is -0.000000169. The van der Waals surface area contributed by atoms with Crippen molar-refractivity contribution in [1.82, 2.24) is 33.6 Å². The van der Waals surface area contributed by atoms with Crippen LogP contribution < -0.4 is 132 Å². The monoisotopic (exact) mass is 969 g/mol. The van der Waals surface area contributed by atoms with E-state index in [2.05, 4.69) is 21.3 Å². The Morgan fingerprint density at radius 3 is 1.06 bits per heavy atom. The molecule has 0 aromatic heterocycles. The van der Waals surface area contributed by atoms with Crippen molar-refractivity contribution in [2.75, 3.05) is 24.6 Å². The Morgan fingerprint density at radius 1 is 0.580 bits per heavy atom. The van der Waals surface area contributed by atoms with Gasteiger partial charge in [0.25, 0.3) is 0 Å². The number of nitrogens with two attached hydrogens (primary N) is 2. The summed E-state index contributed by atoms with van der Waals surface area (Å²) >= 11 is 0. The number of hydrogen-bond acceptors (Lipinski definition) is 14. The third kappa shape index (κ3) is 40.6. The summed E-state index contributed by atoms with van der Waals surface area (Å²) in [6, 6.07) is -5.16. The Hall–Kier alpha value is -0.163. The first-order valence-electron chi connectivity index (χ1n) is 11.4. The van der Waals surface area contributed by atoms with Gasteiger partial charge in [-0.1, -0.05) is 21.6 Å². The SMILES string of the molecule is N.N.NC(CCC(=O)NC(CSSCC(NC(=O)CCC(N)C(=O)O)C(=O)NCC(=O)O)C(=O)NCC(=O)O)C(=O)O.[Cl-].[Cl-].[Cl-].[Cl-].[Cu+2].[Li+].[Li+].[Pd+2]. The minimum Gasteiger partial charge on any atom is -1.00 e. The number of carboxylic acids is 4. The molecule has 0 fully saturated rings. The zero-order valence-corrected chi connectivity index (χ0v) is 33.7. The third-order valence-corrected chi connectivity index (χ3v) is 7.11. The van der Waals surface area contributed by atoms with Crippen molar-refractivity contribution >= 4 is 69.1 Å². The van der Waals surface area contributed by atoms with E-state index in [1.165, 1.54) is 0 Å². The van der Waals surface area contributed by atoms with Gasteiger partial charge in [-0.2, -0.15) is 0 Å². The molecule has 0 aliphatic rings. The van der Waals surface area contributed by atoms with Gasteiger partial charge in [-0.05, 0) is 12.8 Å². The molecular weight excluding hydrogens is 934 g/mol. The summed E-state index contributed by atoms with van der Waals surface area (Å²) in [5, 5.41) is 44.1. The molecule has 0 heterocycles. The summed E-state index contributed by atoms with van der Waals surface area (Å²) in [4.78, 5) is 92.3. The predicted molar refractivity (Wildman–Crippen MR) is 150 cm³/mol. The van der Waals surface area contributed by atoms with Crippen molar-refractivity contribution < 1.29 is 184 Å². The second-order valence-electron chi connectivity index (χ2n) is 8.00. The summed E-state index contributed by atoms with van der Waals surface area (Å²) in [7, 11) is 1.89. The normalized spacial score (nSPS) is 10.8. The van der Waals surface area contributed by atoms with Crippen molar-refractivity contribution in [3.8, 4) is 0 Å². The van der Waals surface area contributed by atoms with Crippen LogP contribution in [0.3, 0.4) is 0 Å². The van der Waals surface area contributed by atoms with Gasteiger partial charge in [0.2, 0.25) is 23.6 Å². The number of carbonyl (C=O) groups excluding carboxylic acids is 4. The number of nitrogens with one attached hydrogen (secondary N) is 4. The van der Waals surface area contributed by atoms with Crippen molar-refractivity contribution in [3.63, 3.8) is 0 Å². The summed E-state index contributed by atoms with van der Waals surface area (Å²) < 4.78 is 0. The molecule has 20 nitrogen and oxygen atoms in total. The van der Waals surface area contributed by atoms with E-state index in [4.69, 9.17) is 31.9 Å². The van der Waals surface area contributed by atoms with Crippen molar-refractivity contribution in [1.29, 1.82) is 0 Å². The summed E-state index contributed by atoms with van der Waals surface area (Å²) in [5.41, 5.74) is 10.7. The van der Waals surface area contributed by atoms with Crippen molar-refractivity contribution in [2.24, 2.45) is 11.5 Å². The van der Waals surface area contributed by atoms with E-state index in [1.54, 1.807) is 0 Å². The number of hydrogen-bond donors (Lipinski definition) is 12. The number of carboxylic acid groups (broad SMARTS) is 4. The second-order valence-corrected chi connectivity index (χ2v) is 10.6. The van der Waals surface area contributed by atoms with Gasteiger partial charge in [0, 0.05) is 24.3 Å². The number of rotatable bonds is 21. The quantitative estimate of drug-likeness (QED) is 0.0289. The average molecular weight is 972 g/mol. The Bertz CT molecular complexity index is 930. The fraction of sp³-hybridized carbons (Fsp3) is 0.600. The van der Waals surface area contributed by atoms with Crippen LogP contribution in [0.5, 0.6) is 0 Å². The molecule has 50 heavy (non-hydrogen) atoms. The fourth-order valence-electron chi connectivity index (χ4n) is 2.52. The number of carbonyl (C=O) groups is 8. The first-order chi connectivity index (χ1) is 18.6. The largest absolute Gasteiger partial charge is 2.00 e. The van der Waals surface area contributed by atoms with E-state index in [0.717, 1.165) is 21.6 Å². The van der Waals surface area contributed by atoms with Crippen LogP contribution in [0.25, 0.3) is 0 Å². The molecule has 0 saturated heterocycles. The van der Waals surface area contributed by atoms with E-state index in [-0.39, 0.29) is 174 Å². The zero-order valence-electron chi connectivity index (χ0n) is 26.5. The van der Waals surface area contributed by atoms with Crippen LogP contribution in [0.1, 0.15) is 25.7 Å². The molecule has 0 aromatic carbocycles. The van der Waals surface area contributed by atoms with Gasteiger partial charge in [-0.25, -0.2) is 0 Å². The smallest absolute Gasteiger partial charge is 1.00 e. The van der Waals surface area contributed by atoms with Crippen LogP contribution in [-0.2, 0) is 75.8 Å². The van der Waals surface area contributed by atoms with Crippen molar-refractivity contribution in [2.45, 2.75) is 49.9 Å². The molecule has 0 spiro atoms. The fourth-order valence-corrected chi connectivity index (χ4v) is 4.85. The Morgan fingerprint density at radius 2 is 0.840 bits per heavy atom. The van der Waals surface area contributed by atoms with Gasteiger partial charge in [0.05, 0.1) is 0 Å². The van der Waals surface area contributed by atoms with Crippen LogP contribution in [-0.4, -0.2) is 117 Å². The molecule has 1 radical (unpaired) electrons. The van der Waals surface area contributed by atoms with E-state index in [1.807, 2.05) is 0 Å². The predicted octanol–water partition coefficient (Wildman–Crippen LogP) is -21.5. The molecule has 18 N–H and O–H groups in total. The maximum Gasteiger partial charge on any atom is 2.00 e. The molecule has 30 heteroatoms. The van der Waals surface area contributed by atoms with Crippen LogP contribution in [0, 0.1) is 0 Å². The first-order valence-corrected chi connectivity index (χ1v) is 13.9. The molecule has 4 atom stereocenters. The standard InChI is InChI=1S/C20H32N6O12S2.4ClH.Cu.2Li.2H3N.Pd/c21-9(19(35)36)1-3-13(27)25-11(17(33)23-5-15(29)30)7-39-40-8-12(18(34)24-6-16(31)32)26-14(28)4-2-10(22)20(37)38;;;;;;;;;;/h9-12H,1-8,21-22H2,(H,23,33)(H,24,34)(H,25,27)(H,26,28)(H,29,30)(H,31,32)(H,35,36)(H,37,38);4*1H;;;;2*1H3;/q;;;;;+2;2*+1;;;+2/p-4. The van der Waals surface area contributed by atoms with E-state index >= 15 is 0 Å². The Kier molecular flexibility index (Phi) is 70.9. The Labute approximate surface area is 369 Å². The summed E-state index contributed by atoms with van der Waals surface area (Å²) in [6.07, 6.45) is -1.12. The minimum atomic E-state index is -1.34. The van der Waals surface area contributed by atoms with E-state index < -0.39 is 84.8 Å². The van der Waals surface area contributed by atoms with Crippen molar-refractivity contribution in [3.05, 3.63) is 0 Å². The first kappa shape index (κ1) is 78.8. The summed E-state index contributed by atoms with van der Waals surface area (Å²) in [6.45, 7) is -1.48. The topological polar surface area (TPSA) is 388 Å². The van der Waals surface area contributed by atoms with Gasteiger partial charge in [0.1, 0.15) is 37.3 Å². The molecule has 0 bridgehead atoms. The van der Waals surface area contributed by atoms with Crippen LogP contribution in [0.15, 0.2) is 0 Å². The molecule has 0 saturated carbocycles. The summed E-state index contributed by atoms with van der Waals surface area (Å²) in [5.74, 6) is -8.81. The maximum absolute atomic E-state index is 12.4. The van der Waals surface area contributed by atoms with Gasteiger partial charge in [0.15, 0.2) is 0 Å². The van der Waals surface area contributed by atoms with Crippen LogP contribution in [0.2, 0.25) is 0 Å². The third-order valence-electron chi connectivity index (χ3n) is 4.68. The van der Waals surface area contributed by atoms with Gasteiger partial charge >= 0.3 is 99.1 Å². The molecule has 0 aliphatic carbocycles. The van der Waals surface area contributed by atoms with Gasteiger partial charge in [-0.15, -0.1) is 0 Å². The van der Waals surface area contributed by atoms with E-state index in [0.29, 0.717) is 0 Å². The van der Waals surface area contributed by atoms with Gasteiger partial charge in [-0.3, -0.25) is 38.4 Å². The number of halogens is 4.